The fourth-order valence-electron chi connectivity index (χ4n) is 1.98. The molecule has 0 bridgehead atoms. The summed E-state index contributed by atoms with van der Waals surface area (Å²) < 4.78 is 47.7. The Hall–Kier alpha value is -1.69. The highest BCUT2D eigenvalue weighted by Gasteiger charge is 2.27. The minimum atomic E-state index is -4.27. The lowest BCUT2D eigenvalue weighted by molar-refractivity contribution is -0.174. The van der Waals surface area contributed by atoms with E-state index in [-0.39, 0.29) is 6.61 Å². The molecule has 0 unspecified atom stereocenters. The molecule has 0 aliphatic rings. The molecule has 0 fully saturated rings. The maximum absolute atomic E-state index is 11.9. The largest absolute Gasteiger partial charge is 0.494 e. The van der Waals surface area contributed by atoms with E-state index in [0.29, 0.717) is 13.2 Å². The maximum Gasteiger partial charge on any atom is 0.411 e. The summed E-state index contributed by atoms with van der Waals surface area (Å²) in [6.45, 7) is 1.70. The van der Waals surface area contributed by atoms with Gasteiger partial charge in [-0.05, 0) is 31.2 Å². The number of ether oxygens (including phenoxy) is 2. The first-order chi connectivity index (χ1) is 9.49. The summed E-state index contributed by atoms with van der Waals surface area (Å²) in [5.74, 6) is 0.783. The molecule has 1 aromatic heterocycles. The van der Waals surface area contributed by atoms with Crippen LogP contribution in [0.25, 0.3) is 10.9 Å². The molecule has 0 atom stereocenters. The van der Waals surface area contributed by atoms with Gasteiger partial charge >= 0.3 is 6.18 Å². The number of benzene rings is 1. The lowest BCUT2D eigenvalue weighted by atomic mass is 10.2. The van der Waals surface area contributed by atoms with Crippen LogP contribution >= 0.6 is 0 Å². The lowest BCUT2D eigenvalue weighted by Crippen LogP contribution is -2.18. The maximum atomic E-state index is 11.9. The Bertz CT molecular complexity index is 563. The summed E-state index contributed by atoms with van der Waals surface area (Å²) in [6, 6.07) is 7.55. The first kappa shape index (κ1) is 14.7. The van der Waals surface area contributed by atoms with Crippen molar-refractivity contribution in [3.63, 3.8) is 0 Å². The Labute approximate surface area is 114 Å². The summed E-state index contributed by atoms with van der Waals surface area (Å²) in [4.78, 5) is 0. The Kier molecular flexibility index (Phi) is 4.54. The third-order valence-corrected chi connectivity index (χ3v) is 2.80. The van der Waals surface area contributed by atoms with Crippen molar-refractivity contribution in [2.75, 3.05) is 19.8 Å². The predicted molar refractivity (Wildman–Crippen MR) is 70.0 cm³/mol. The number of alkyl halides is 3. The fraction of sp³-hybridized carbons (Fsp3) is 0.429. The van der Waals surface area contributed by atoms with Gasteiger partial charge in [0.25, 0.3) is 0 Å². The zero-order valence-electron chi connectivity index (χ0n) is 11.1. The van der Waals surface area contributed by atoms with Crippen LogP contribution in [-0.2, 0) is 11.3 Å². The van der Waals surface area contributed by atoms with E-state index in [1.807, 2.05) is 42.0 Å². The highest BCUT2D eigenvalue weighted by Crippen LogP contribution is 2.22. The van der Waals surface area contributed by atoms with Gasteiger partial charge in [0.1, 0.15) is 12.4 Å². The molecule has 2 rings (SSSR count). The first-order valence-corrected chi connectivity index (χ1v) is 6.36. The molecule has 0 aliphatic carbocycles. The lowest BCUT2D eigenvalue weighted by Gasteiger charge is -2.09. The van der Waals surface area contributed by atoms with Crippen molar-refractivity contribution in [2.45, 2.75) is 19.6 Å². The van der Waals surface area contributed by atoms with Gasteiger partial charge in [0.2, 0.25) is 0 Å². The predicted octanol–water partition coefficient (Wildman–Crippen LogP) is 3.62. The van der Waals surface area contributed by atoms with E-state index in [1.165, 1.54) is 0 Å². The second-order valence-corrected chi connectivity index (χ2v) is 4.33. The molecule has 3 nitrogen and oxygen atoms in total. The van der Waals surface area contributed by atoms with E-state index in [0.717, 1.165) is 16.7 Å². The molecule has 2 aromatic rings. The average molecular weight is 287 g/mol. The summed E-state index contributed by atoms with van der Waals surface area (Å²) in [5, 5.41) is 0.992. The van der Waals surface area contributed by atoms with E-state index in [4.69, 9.17) is 4.74 Å². The third-order valence-electron chi connectivity index (χ3n) is 2.80. The molecule has 1 aromatic carbocycles. The number of rotatable bonds is 6. The second kappa shape index (κ2) is 6.17. The zero-order valence-corrected chi connectivity index (χ0v) is 11.1. The number of hydrogen-bond donors (Lipinski definition) is 0. The minimum absolute atomic E-state index is 0.0243. The van der Waals surface area contributed by atoms with Gasteiger partial charge in [0.05, 0.1) is 13.2 Å². The van der Waals surface area contributed by atoms with Gasteiger partial charge in [-0.1, -0.05) is 0 Å². The fourth-order valence-corrected chi connectivity index (χ4v) is 1.98. The van der Waals surface area contributed by atoms with Crippen molar-refractivity contribution in [2.24, 2.45) is 0 Å². The summed E-state index contributed by atoms with van der Waals surface area (Å²) in [7, 11) is 0. The van der Waals surface area contributed by atoms with Crippen molar-refractivity contribution >= 4 is 10.9 Å². The van der Waals surface area contributed by atoms with E-state index in [1.54, 1.807) is 0 Å². The highest BCUT2D eigenvalue weighted by molar-refractivity contribution is 5.81. The van der Waals surface area contributed by atoms with E-state index in [9.17, 15) is 13.2 Å². The molecule has 0 aliphatic heterocycles. The van der Waals surface area contributed by atoms with Crippen molar-refractivity contribution < 1.29 is 22.6 Å². The topological polar surface area (TPSA) is 23.4 Å². The summed E-state index contributed by atoms with van der Waals surface area (Å²) in [5.41, 5.74) is 0.948. The van der Waals surface area contributed by atoms with Gasteiger partial charge in [-0.2, -0.15) is 13.2 Å². The van der Waals surface area contributed by atoms with Crippen LogP contribution in [0.3, 0.4) is 0 Å². The highest BCUT2D eigenvalue weighted by atomic mass is 19.4. The zero-order chi connectivity index (χ0) is 14.6. The van der Waals surface area contributed by atoms with Crippen LogP contribution in [-0.4, -0.2) is 30.6 Å². The van der Waals surface area contributed by atoms with Crippen molar-refractivity contribution in [1.82, 2.24) is 4.57 Å². The molecule has 0 saturated heterocycles. The molecule has 0 saturated carbocycles. The monoisotopic (exact) mass is 287 g/mol. The van der Waals surface area contributed by atoms with Crippen LogP contribution < -0.4 is 4.74 Å². The first-order valence-electron chi connectivity index (χ1n) is 6.36. The van der Waals surface area contributed by atoms with Crippen LogP contribution in [0.15, 0.2) is 30.5 Å². The molecule has 110 valence electrons. The van der Waals surface area contributed by atoms with Crippen molar-refractivity contribution in [3.05, 3.63) is 30.5 Å². The number of hydrogen-bond acceptors (Lipinski definition) is 2. The number of fused-ring (bicyclic) bond motifs is 1. The normalized spacial score (nSPS) is 12.0. The Balaban J connectivity index is 1.97. The second-order valence-electron chi connectivity index (χ2n) is 4.33. The molecular weight excluding hydrogens is 271 g/mol. The van der Waals surface area contributed by atoms with Crippen molar-refractivity contribution in [3.8, 4) is 5.75 Å². The molecule has 0 amide bonds. The van der Waals surface area contributed by atoms with E-state index < -0.39 is 12.8 Å². The van der Waals surface area contributed by atoms with Gasteiger partial charge in [0, 0.05) is 23.6 Å². The Morgan fingerprint density at radius 3 is 2.70 bits per heavy atom. The number of nitrogens with zero attached hydrogens (tertiary/aromatic N) is 1. The van der Waals surface area contributed by atoms with Crippen LogP contribution in [0.5, 0.6) is 5.75 Å². The van der Waals surface area contributed by atoms with Crippen LogP contribution in [0.4, 0.5) is 13.2 Å². The van der Waals surface area contributed by atoms with Crippen LogP contribution in [0.1, 0.15) is 6.92 Å². The molecule has 0 N–H and O–H groups in total. The summed E-state index contributed by atoms with van der Waals surface area (Å²) in [6.07, 6.45) is -2.44. The van der Waals surface area contributed by atoms with E-state index in [2.05, 4.69) is 4.74 Å². The third kappa shape index (κ3) is 3.90. The molecular formula is C14H16F3NO2. The van der Waals surface area contributed by atoms with Crippen molar-refractivity contribution in [1.29, 1.82) is 0 Å². The Morgan fingerprint density at radius 1 is 1.20 bits per heavy atom. The van der Waals surface area contributed by atoms with Crippen LogP contribution in [0, 0.1) is 0 Å². The molecule has 0 radical (unpaired) electrons. The van der Waals surface area contributed by atoms with Gasteiger partial charge in [-0.15, -0.1) is 0 Å². The number of aromatic nitrogens is 1. The van der Waals surface area contributed by atoms with Gasteiger partial charge in [-0.25, -0.2) is 0 Å². The SMILES string of the molecule is CCOc1ccc2c(ccn2CCOCC(F)(F)F)c1. The molecule has 6 heteroatoms. The average Bonchev–Trinajstić information content (AvgIpc) is 2.76. The van der Waals surface area contributed by atoms with Gasteiger partial charge in [-0.3, -0.25) is 0 Å². The number of halogens is 3. The van der Waals surface area contributed by atoms with E-state index >= 15 is 0 Å². The molecule has 0 spiro atoms. The van der Waals surface area contributed by atoms with Gasteiger partial charge in [0.15, 0.2) is 0 Å². The van der Waals surface area contributed by atoms with Crippen LogP contribution in [0.2, 0.25) is 0 Å². The minimum Gasteiger partial charge on any atom is -0.494 e. The molecule has 1 heterocycles. The van der Waals surface area contributed by atoms with Gasteiger partial charge < -0.3 is 14.0 Å². The standard InChI is InChI=1S/C14H16F3NO2/c1-2-20-12-3-4-13-11(9-12)5-6-18(13)7-8-19-10-14(15,16)17/h3-6,9H,2,7-8,10H2,1H3. The molecule has 20 heavy (non-hydrogen) atoms. The Morgan fingerprint density at radius 2 is 2.00 bits per heavy atom. The summed E-state index contributed by atoms with van der Waals surface area (Å²) >= 11 is 0. The quantitative estimate of drug-likeness (QED) is 0.758. The smallest absolute Gasteiger partial charge is 0.411 e.